The number of carbonyl (C=O) groups excluding carboxylic acids is 1. The number of hydrogen-bond acceptors (Lipinski definition) is 3. The Morgan fingerprint density at radius 1 is 1.09 bits per heavy atom. The molecule has 0 N–H and O–H groups in total. The first-order valence-electron chi connectivity index (χ1n) is 7.37. The highest BCUT2D eigenvalue weighted by Crippen LogP contribution is 2.26. The third kappa shape index (κ3) is 4.07. The molecule has 0 bridgehead atoms. The lowest BCUT2D eigenvalue weighted by Crippen LogP contribution is -2.09. The molecule has 116 valence electrons. The van der Waals surface area contributed by atoms with Crippen molar-refractivity contribution in [1.29, 1.82) is 0 Å². The van der Waals surface area contributed by atoms with Gasteiger partial charge in [0.25, 0.3) is 0 Å². The van der Waals surface area contributed by atoms with Gasteiger partial charge in [-0.2, -0.15) is 0 Å². The first-order valence-corrected chi connectivity index (χ1v) is 7.37. The summed E-state index contributed by atoms with van der Waals surface area (Å²) in [6, 6.07) is 11.9. The van der Waals surface area contributed by atoms with Gasteiger partial charge in [-0.1, -0.05) is 37.6 Å². The molecule has 0 aliphatic rings. The number of aryl methyl sites for hydroxylation is 1. The Hall–Kier alpha value is -2.36. The minimum Gasteiger partial charge on any atom is -0.434 e. The fraction of sp³-hybridized carbons (Fsp3) is 0.278. The van der Waals surface area contributed by atoms with Crippen LogP contribution in [0.25, 0.3) is 11.1 Å². The molecule has 0 fully saturated rings. The number of halogens is 1. The third-order valence-electron chi connectivity index (χ3n) is 3.20. The number of carbonyl (C=O) groups is 1. The maximum absolute atomic E-state index is 14.2. The molecule has 0 aliphatic carbocycles. The van der Waals surface area contributed by atoms with Crippen LogP contribution in [0.5, 0.6) is 5.75 Å². The van der Waals surface area contributed by atoms with E-state index in [1.54, 1.807) is 43.3 Å². The molecule has 2 rings (SSSR count). The Balaban J connectivity index is 2.15. The van der Waals surface area contributed by atoms with Crippen LogP contribution in [0, 0.1) is 5.82 Å². The molecule has 0 unspecified atom stereocenters. The van der Waals surface area contributed by atoms with Crippen molar-refractivity contribution in [3.63, 3.8) is 0 Å². The van der Waals surface area contributed by atoms with Crippen molar-refractivity contribution < 1.29 is 18.7 Å². The van der Waals surface area contributed by atoms with E-state index in [2.05, 4.69) is 6.92 Å². The highest BCUT2D eigenvalue weighted by Gasteiger charge is 2.08. The van der Waals surface area contributed by atoms with E-state index in [0.29, 0.717) is 11.3 Å². The maximum atomic E-state index is 14.2. The molecule has 2 aromatic rings. The number of ether oxygens (including phenoxy) is 2. The summed E-state index contributed by atoms with van der Waals surface area (Å²) in [4.78, 5) is 11.2. The second-order valence-corrected chi connectivity index (χ2v) is 4.87. The van der Waals surface area contributed by atoms with Gasteiger partial charge in [0.15, 0.2) is 0 Å². The van der Waals surface area contributed by atoms with Gasteiger partial charge in [0.05, 0.1) is 6.61 Å². The summed E-state index contributed by atoms with van der Waals surface area (Å²) >= 11 is 0. The average Bonchev–Trinajstić information content (AvgIpc) is 2.49. The van der Waals surface area contributed by atoms with E-state index in [-0.39, 0.29) is 12.4 Å². The SMILES string of the molecule is CCCc1ccc(-c2ccc(OC(=O)OCC)cc2)c(F)c1. The van der Waals surface area contributed by atoms with Gasteiger partial charge in [-0.25, -0.2) is 9.18 Å². The fourth-order valence-corrected chi connectivity index (χ4v) is 2.18. The summed E-state index contributed by atoms with van der Waals surface area (Å²) in [5.41, 5.74) is 2.25. The van der Waals surface area contributed by atoms with E-state index in [1.807, 2.05) is 6.07 Å². The van der Waals surface area contributed by atoms with Crippen molar-refractivity contribution in [2.45, 2.75) is 26.7 Å². The summed E-state index contributed by atoms with van der Waals surface area (Å²) in [6.45, 7) is 4.02. The van der Waals surface area contributed by atoms with Crippen LogP contribution in [-0.4, -0.2) is 12.8 Å². The van der Waals surface area contributed by atoms with Gasteiger partial charge in [-0.3, -0.25) is 0 Å². The first-order chi connectivity index (χ1) is 10.6. The van der Waals surface area contributed by atoms with Gasteiger partial charge in [0.1, 0.15) is 11.6 Å². The zero-order valence-electron chi connectivity index (χ0n) is 12.8. The van der Waals surface area contributed by atoms with E-state index in [1.165, 1.54) is 0 Å². The van der Waals surface area contributed by atoms with Gasteiger partial charge in [0, 0.05) is 5.56 Å². The molecule has 2 aromatic carbocycles. The quantitative estimate of drug-likeness (QED) is 0.577. The van der Waals surface area contributed by atoms with Crippen molar-refractivity contribution in [3.8, 4) is 16.9 Å². The lowest BCUT2D eigenvalue weighted by molar-refractivity contribution is 0.104. The maximum Gasteiger partial charge on any atom is 0.513 e. The van der Waals surface area contributed by atoms with Gasteiger partial charge >= 0.3 is 6.16 Å². The van der Waals surface area contributed by atoms with Crippen molar-refractivity contribution in [3.05, 3.63) is 53.8 Å². The molecule has 0 aliphatic heterocycles. The summed E-state index contributed by atoms with van der Waals surface area (Å²) < 4.78 is 23.8. The number of rotatable bonds is 5. The lowest BCUT2D eigenvalue weighted by Gasteiger charge is -2.08. The molecular formula is C18H19FO3. The van der Waals surface area contributed by atoms with Gasteiger partial charge < -0.3 is 9.47 Å². The minimum absolute atomic E-state index is 0.245. The van der Waals surface area contributed by atoms with Crippen LogP contribution < -0.4 is 4.74 Å². The molecule has 0 heterocycles. The van der Waals surface area contributed by atoms with Crippen LogP contribution in [0.15, 0.2) is 42.5 Å². The van der Waals surface area contributed by atoms with Gasteiger partial charge in [-0.05, 0) is 42.7 Å². The van der Waals surface area contributed by atoms with Gasteiger partial charge in [-0.15, -0.1) is 0 Å². The Morgan fingerprint density at radius 2 is 1.82 bits per heavy atom. The Morgan fingerprint density at radius 3 is 2.41 bits per heavy atom. The lowest BCUT2D eigenvalue weighted by atomic mass is 10.0. The zero-order chi connectivity index (χ0) is 15.9. The molecule has 4 heteroatoms. The van der Waals surface area contributed by atoms with Crippen LogP contribution in [0.4, 0.5) is 9.18 Å². The van der Waals surface area contributed by atoms with Crippen molar-refractivity contribution >= 4 is 6.16 Å². The van der Waals surface area contributed by atoms with E-state index >= 15 is 0 Å². The predicted octanol–water partition coefficient (Wildman–Crippen LogP) is 4.98. The standard InChI is InChI=1S/C18H19FO3/c1-3-5-13-6-11-16(17(19)12-13)14-7-9-15(10-8-14)22-18(20)21-4-2/h6-12H,3-5H2,1-2H3. The predicted molar refractivity (Wildman–Crippen MR) is 83.5 cm³/mol. The van der Waals surface area contributed by atoms with E-state index in [4.69, 9.17) is 9.47 Å². The molecule has 0 atom stereocenters. The summed E-state index contributed by atoms with van der Waals surface area (Å²) in [5, 5.41) is 0. The van der Waals surface area contributed by atoms with Crippen LogP contribution >= 0.6 is 0 Å². The second-order valence-electron chi connectivity index (χ2n) is 4.87. The normalized spacial score (nSPS) is 10.3. The number of hydrogen-bond donors (Lipinski definition) is 0. The Kier molecular flexibility index (Phi) is 5.53. The van der Waals surface area contributed by atoms with Crippen molar-refractivity contribution in [1.82, 2.24) is 0 Å². The molecule has 0 amide bonds. The molecule has 0 saturated heterocycles. The molecule has 3 nitrogen and oxygen atoms in total. The molecule has 0 aromatic heterocycles. The Bertz CT molecular complexity index is 635. The zero-order valence-corrected chi connectivity index (χ0v) is 12.8. The summed E-state index contributed by atoms with van der Waals surface area (Å²) in [7, 11) is 0. The molecule has 22 heavy (non-hydrogen) atoms. The Labute approximate surface area is 129 Å². The van der Waals surface area contributed by atoms with Crippen LogP contribution in [-0.2, 0) is 11.2 Å². The van der Waals surface area contributed by atoms with Crippen LogP contribution in [0.2, 0.25) is 0 Å². The topological polar surface area (TPSA) is 35.5 Å². The highest BCUT2D eigenvalue weighted by molar-refractivity contribution is 5.67. The van der Waals surface area contributed by atoms with E-state index in [0.717, 1.165) is 24.0 Å². The highest BCUT2D eigenvalue weighted by atomic mass is 19.1. The molecular weight excluding hydrogens is 283 g/mol. The molecule has 0 spiro atoms. The fourth-order valence-electron chi connectivity index (χ4n) is 2.18. The van der Waals surface area contributed by atoms with Crippen LogP contribution in [0.1, 0.15) is 25.8 Å². The monoisotopic (exact) mass is 302 g/mol. The van der Waals surface area contributed by atoms with E-state index in [9.17, 15) is 9.18 Å². The summed E-state index contributed by atoms with van der Waals surface area (Å²) in [5.74, 6) is 0.121. The second kappa shape index (κ2) is 7.59. The summed E-state index contributed by atoms with van der Waals surface area (Å²) in [6.07, 6.45) is 1.10. The van der Waals surface area contributed by atoms with E-state index < -0.39 is 6.16 Å². The number of benzene rings is 2. The minimum atomic E-state index is -0.745. The van der Waals surface area contributed by atoms with Crippen molar-refractivity contribution in [2.75, 3.05) is 6.61 Å². The smallest absolute Gasteiger partial charge is 0.434 e. The molecule has 0 radical (unpaired) electrons. The van der Waals surface area contributed by atoms with Gasteiger partial charge in [0.2, 0.25) is 0 Å². The van der Waals surface area contributed by atoms with Crippen LogP contribution in [0.3, 0.4) is 0 Å². The first kappa shape index (κ1) is 16.0. The molecule has 0 saturated carbocycles. The largest absolute Gasteiger partial charge is 0.513 e. The third-order valence-corrected chi connectivity index (χ3v) is 3.20. The van der Waals surface area contributed by atoms with Crippen molar-refractivity contribution in [2.24, 2.45) is 0 Å². The average molecular weight is 302 g/mol.